The van der Waals surface area contributed by atoms with Gasteiger partial charge in [-0.3, -0.25) is 4.79 Å². The average molecular weight is 284 g/mol. The summed E-state index contributed by atoms with van der Waals surface area (Å²) in [5.41, 5.74) is 0.313. The molecule has 1 fully saturated rings. The lowest BCUT2D eigenvalue weighted by Gasteiger charge is -2.30. The van der Waals surface area contributed by atoms with E-state index in [2.05, 4.69) is 9.97 Å². The van der Waals surface area contributed by atoms with Gasteiger partial charge in [0.25, 0.3) is 0 Å². The van der Waals surface area contributed by atoms with E-state index < -0.39 is 0 Å². The summed E-state index contributed by atoms with van der Waals surface area (Å²) in [5.74, 6) is 1.08. The minimum atomic E-state index is 0.0233. The number of aromatic nitrogens is 2. The number of hydrogen-bond acceptors (Lipinski definition) is 5. The summed E-state index contributed by atoms with van der Waals surface area (Å²) >= 11 is 6.01. The third-order valence-corrected chi connectivity index (χ3v) is 3.78. The molecule has 0 amide bonds. The number of anilines is 1. The molecule has 0 spiro atoms. The molecule has 0 atom stereocenters. The standard InChI is InChI=1S/C13H18ClN3O2/c1-9-15-12(14)11(8-19)13(16-9)17(6-7-18)10-4-2-3-5-10/h8,10,18H,2-7H2,1H3. The molecule has 0 radical (unpaired) electrons. The molecule has 5 nitrogen and oxygen atoms in total. The van der Waals surface area contributed by atoms with Gasteiger partial charge >= 0.3 is 0 Å². The molecular formula is C13H18ClN3O2. The van der Waals surface area contributed by atoms with Gasteiger partial charge in [0.05, 0.1) is 12.2 Å². The number of aliphatic hydroxyl groups excluding tert-OH is 1. The number of rotatable bonds is 5. The number of carbonyl (C=O) groups is 1. The minimum Gasteiger partial charge on any atom is -0.395 e. The number of nitrogens with zero attached hydrogens (tertiary/aromatic N) is 3. The number of aldehydes is 1. The monoisotopic (exact) mass is 283 g/mol. The summed E-state index contributed by atoms with van der Waals surface area (Å²) in [4.78, 5) is 21.6. The molecule has 0 saturated heterocycles. The maximum atomic E-state index is 11.2. The van der Waals surface area contributed by atoms with E-state index in [0.29, 0.717) is 36.1 Å². The van der Waals surface area contributed by atoms with Gasteiger partial charge < -0.3 is 10.0 Å². The van der Waals surface area contributed by atoms with Gasteiger partial charge in [-0.2, -0.15) is 0 Å². The van der Waals surface area contributed by atoms with Gasteiger partial charge in [-0.25, -0.2) is 9.97 Å². The molecule has 6 heteroatoms. The number of aryl methyl sites for hydroxylation is 1. The predicted molar refractivity (Wildman–Crippen MR) is 73.9 cm³/mol. The SMILES string of the molecule is Cc1nc(Cl)c(C=O)c(N(CCO)C2CCCC2)n1. The molecule has 1 N–H and O–H groups in total. The van der Waals surface area contributed by atoms with Crippen molar-refractivity contribution >= 4 is 23.7 Å². The normalized spacial score (nSPS) is 15.7. The zero-order valence-corrected chi connectivity index (χ0v) is 11.7. The molecule has 19 heavy (non-hydrogen) atoms. The number of halogens is 1. The van der Waals surface area contributed by atoms with E-state index in [1.807, 2.05) is 4.90 Å². The van der Waals surface area contributed by atoms with Crippen LogP contribution in [0.2, 0.25) is 5.15 Å². The third-order valence-electron chi connectivity index (χ3n) is 3.49. The van der Waals surface area contributed by atoms with Crippen LogP contribution in [-0.4, -0.2) is 40.6 Å². The van der Waals surface area contributed by atoms with E-state index in [0.717, 1.165) is 12.8 Å². The highest BCUT2D eigenvalue weighted by molar-refractivity contribution is 6.32. The zero-order chi connectivity index (χ0) is 13.8. The van der Waals surface area contributed by atoms with Crippen molar-refractivity contribution in [3.63, 3.8) is 0 Å². The summed E-state index contributed by atoms with van der Waals surface area (Å²) in [6.45, 7) is 2.23. The van der Waals surface area contributed by atoms with Crippen molar-refractivity contribution in [1.82, 2.24) is 9.97 Å². The van der Waals surface area contributed by atoms with Gasteiger partial charge in [0, 0.05) is 12.6 Å². The predicted octanol–water partition coefficient (Wildman–Crippen LogP) is 1.99. The topological polar surface area (TPSA) is 66.3 Å². The molecule has 0 unspecified atom stereocenters. The number of aliphatic hydroxyl groups is 1. The average Bonchev–Trinajstić information content (AvgIpc) is 2.88. The smallest absolute Gasteiger partial charge is 0.156 e. The van der Waals surface area contributed by atoms with Crippen LogP contribution in [0.5, 0.6) is 0 Å². The van der Waals surface area contributed by atoms with E-state index >= 15 is 0 Å². The van der Waals surface area contributed by atoms with E-state index in [1.54, 1.807) is 6.92 Å². The van der Waals surface area contributed by atoms with Crippen LogP contribution in [0.1, 0.15) is 41.9 Å². The van der Waals surface area contributed by atoms with Crippen molar-refractivity contribution < 1.29 is 9.90 Å². The third kappa shape index (κ3) is 3.04. The zero-order valence-electron chi connectivity index (χ0n) is 11.0. The summed E-state index contributed by atoms with van der Waals surface area (Å²) in [7, 11) is 0. The van der Waals surface area contributed by atoms with Crippen LogP contribution in [0.25, 0.3) is 0 Å². The maximum Gasteiger partial charge on any atom is 0.156 e. The van der Waals surface area contributed by atoms with E-state index in [-0.39, 0.29) is 11.8 Å². The molecule has 1 aromatic rings. The van der Waals surface area contributed by atoms with Crippen LogP contribution in [0.15, 0.2) is 0 Å². The second kappa shape index (κ2) is 6.30. The molecule has 1 aliphatic rings. The highest BCUT2D eigenvalue weighted by atomic mass is 35.5. The van der Waals surface area contributed by atoms with Gasteiger partial charge in [0.1, 0.15) is 16.8 Å². The van der Waals surface area contributed by atoms with E-state index in [4.69, 9.17) is 11.6 Å². The summed E-state index contributed by atoms with van der Waals surface area (Å²) < 4.78 is 0. The second-order valence-corrected chi connectivity index (χ2v) is 5.13. The van der Waals surface area contributed by atoms with Crippen molar-refractivity contribution in [3.8, 4) is 0 Å². The van der Waals surface area contributed by atoms with Gasteiger partial charge in [-0.15, -0.1) is 0 Å². The molecule has 2 rings (SSSR count). The van der Waals surface area contributed by atoms with Crippen LogP contribution >= 0.6 is 11.6 Å². The quantitative estimate of drug-likeness (QED) is 0.661. The molecule has 104 valence electrons. The lowest BCUT2D eigenvalue weighted by atomic mass is 10.2. The number of hydrogen-bond donors (Lipinski definition) is 1. The molecule has 1 aliphatic carbocycles. The fourth-order valence-electron chi connectivity index (χ4n) is 2.64. The lowest BCUT2D eigenvalue weighted by Crippen LogP contribution is -2.37. The van der Waals surface area contributed by atoms with Crippen molar-refractivity contribution in [2.75, 3.05) is 18.1 Å². The minimum absolute atomic E-state index is 0.0233. The largest absolute Gasteiger partial charge is 0.395 e. The highest BCUT2D eigenvalue weighted by Gasteiger charge is 2.26. The first-order valence-electron chi connectivity index (χ1n) is 6.54. The first-order valence-corrected chi connectivity index (χ1v) is 6.92. The molecule has 0 aromatic carbocycles. The highest BCUT2D eigenvalue weighted by Crippen LogP contribution is 2.30. The molecule has 0 bridgehead atoms. The van der Waals surface area contributed by atoms with Gasteiger partial charge in [-0.1, -0.05) is 24.4 Å². The van der Waals surface area contributed by atoms with Crippen molar-refractivity contribution in [3.05, 3.63) is 16.5 Å². The molecule has 1 aromatic heterocycles. The van der Waals surface area contributed by atoms with Crippen LogP contribution in [0.3, 0.4) is 0 Å². The Balaban J connectivity index is 2.42. The van der Waals surface area contributed by atoms with Gasteiger partial charge in [0.15, 0.2) is 6.29 Å². The van der Waals surface area contributed by atoms with Crippen LogP contribution in [0, 0.1) is 6.92 Å². The van der Waals surface area contributed by atoms with Crippen molar-refractivity contribution in [2.45, 2.75) is 38.6 Å². The molecular weight excluding hydrogens is 266 g/mol. The summed E-state index contributed by atoms with van der Waals surface area (Å²) in [5, 5.41) is 9.43. The molecule has 0 aliphatic heterocycles. The van der Waals surface area contributed by atoms with Crippen molar-refractivity contribution in [2.24, 2.45) is 0 Å². The van der Waals surface area contributed by atoms with Gasteiger partial charge in [-0.05, 0) is 19.8 Å². The second-order valence-electron chi connectivity index (χ2n) is 4.77. The number of carbonyl (C=O) groups excluding carboxylic acids is 1. The Morgan fingerprint density at radius 2 is 2.11 bits per heavy atom. The fourth-order valence-corrected chi connectivity index (χ4v) is 2.89. The summed E-state index contributed by atoms with van der Waals surface area (Å²) in [6.07, 6.45) is 5.13. The Morgan fingerprint density at radius 3 is 2.68 bits per heavy atom. The fraction of sp³-hybridized carbons (Fsp3) is 0.615. The molecule has 1 saturated carbocycles. The van der Waals surface area contributed by atoms with Crippen LogP contribution in [-0.2, 0) is 0 Å². The molecule has 1 heterocycles. The Morgan fingerprint density at radius 1 is 1.42 bits per heavy atom. The van der Waals surface area contributed by atoms with Crippen molar-refractivity contribution in [1.29, 1.82) is 0 Å². The lowest BCUT2D eigenvalue weighted by molar-refractivity contribution is 0.112. The van der Waals surface area contributed by atoms with E-state index in [1.165, 1.54) is 12.8 Å². The Kier molecular flexibility index (Phi) is 4.71. The van der Waals surface area contributed by atoms with Crippen LogP contribution in [0.4, 0.5) is 5.82 Å². The van der Waals surface area contributed by atoms with Crippen LogP contribution < -0.4 is 4.90 Å². The maximum absolute atomic E-state index is 11.2. The van der Waals surface area contributed by atoms with Gasteiger partial charge in [0.2, 0.25) is 0 Å². The Labute approximate surface area is 117 Å². The first kappa shape index (κ1) is 14.2. The summed E-state index contributed by atoms with van der Waals surface area (Å²) in [6, 6.07) is 0.316. The Bertz CT molecular complexity index is 461. The van der Waals surface area contributed by atoms with E-state index in [9.17, 15) is 9.90 Å². The first-order chi connectivity index (χ1) is 9.17. The Hall–Kier alpha value is -1.20.